The number of carbonyl (C=O) groups excluding carboxylic acids is 1. The minimum Gasteiger partial charge on any atom is -0.462 e. The Morgan fingerprint density at radius 2 is 1.97 bits per heavy atom. The molecule has 4 aliphatic carbocycles. The average Bonchev–Trinajstić information content (AvgIpc) is 2.77. The van der Waals surface area contributed by atoms with Crippen molar-refractivity contribution in [3.63, 3.8) is 0 Å². The van der Waals surface area contributed by atoms with Crippen LogP contribution in [0.3, 0.4) is 0 Å². The molecule has 2 heterocycles. The Morgan fingerprint density at radius 3 is 2.62 bits per heavy atom. The van der Waals surface area contributed by atoms with Crippen LogP contribution in [0.1, 0.15) is 52.9 Å². The van der Waals surface area contributed by atoms with Crippen molar-refractivity contribution in [3.8, 4) is 0 Å². The summed E-state index contributed by atoms with van der Waals surface area (Å²) >= 11 is 0. The molecule has 0 aromatic heterocycles. The quantitative estimate of drug-likeness (QED) is 0.541. The third-order valence-corrected chi connectivity index (χ3v) is 9.46. The highest BCUT2D eigenvalue weighted by Crippen LogP contribution is 2.76. The predicted molar refractivity (Wildman–Crippen MR) is 105 cm³/mol. The third kappa shape index (κ3) is 2.14. The van der Waals surface area contributed by atoms with Gasteiger partial charge < -0.3 is 24.4 Å². The molecule has 29 heavy (non-hydrogen) atoms. The van der Waals surface area contributed by atoms with Crippen molar-refractivity contribution >= 4 is 5.97 Å². The number of ether oxygens (including phenoxy) is 3. The zero-order chi connectivity index (χ0) is 20.9. The first-order valence-corrected chi connectivity index (χ1v) is 11.0. The molecule has 2 saturated heterocycles. The number of aliphatic hydroxyl groups excluding tert-OH is 2. The molecule has 2 aliphatic heterocycles. The van der Waals surface area contributed by atoms with Crippen molar-refractivity contribution in [1.82, 2.24) is 0 Å². The summed E-state index contributed by atoms with van der Waals surface area (Å²) < 4.78 is 18.4. The van der Waals surface area contributed by atoms with Crippen LogP contribution in [0.15, 0.2) is 12.2 Å². The van der Waals surface area contributed by atoms with E-state index in [1.807, 2.05) is 0 Å². The Bertz CT molecular complexity index is 748. The summed E-state index contributed by atoms with van der Waals surface area (Å²) in [4.78, 5) is 12.1. The van der Waals surface area contributed by atoms with Gasteiger partial charge in [0.15, 0.2) is 6.29 Å². The van der Waals surface area contributed by atoms with Crippen molar-refractivity contribution < 1.29 is 29.2 Å². The summed E-state index contributed by atoms with van der Waals surface area (Å²) in [5, 5.41) is 23.0. The summed E-state index contributed by atoms with van der Waals surface area (Å²) in [5.74, 6) is -0.506. The highest BCUT2D eigenvalue weighted by atomic mass is 16.7. The second-order valence-electron chi connectivity index (χ2n) is 10.8. The van der Waals surface area contributed by atoms with E-state index in [0.717, 1.165) is 25.7 Å². The standard InChI is InChI=1S/C23H34O6/c1-11-13-9-14(28-12(2)24)17-22-8-6-7-21(3,4)15(22)10-16(29-20(22)27-5)23(17,18(11)25)19(13)26/h13-20,25-26H,1,6-10H2,2-5H3. The van der Waals surface area contributed by atoms with Gasteiger partial charge in [-0.3, -0.25) is 4.79 Å². The molecule has 4 bridgehead atoms. The molecular weight excluding hydrogens is 372 g/mol. The molecule has 6 rings (SSSR count). The number of rotatable bonds is 2. The van der Waals surface area contributed by atoms with Gasteiger partial charge in [0.25, 0.3) is 0 Å². The van der Waals surface area contributed by atoms with E-state index in [1.165, 1.54) is 6.92 Å². The number of carbonyl (C=O) groups is 1. The molecule has 6 fully saturated rings. The number of fused-ring (bicyclic) bond motifs is 2. The number of esters is 1. The first-order chi connectivity index (χ1) is 13.6. The number of hydrogen-bond donors (Lipinski definition) is 2. The number of hydrogen-bond acceptors (Lipinski definition) is 6. The summed E-state index contributed by atoms with van der Waals surface area (Å²) in [6, 6.07) is 0. The van der Waals surface area contributed by atoms with E-state index in [4.69, 9.17) is 14.2 Å². The minimum atomic E-state index is -0.890. The molecule has 0 aromatic carbocycles. The first kappa shape index (κ1) is 20.0. The van der Waals surface area contributed by atoms with Crippen molar-refractivity contribution in [3.05, 3.63) is 12.2 Å². The van der Waals surface area contributed by atoms with E-state index in [-0.39, 0.29) is 35.4 Å². The zero-order valence-electron chi connectivity index (χ0n) is 17.9. The van der Waals surface area contributed by atoms with E-state index in [2.05, 4.69) is 20.4 Å². The molecule has 6 aliphatic rings. The molecule has 0 radical (unpaired) electrons. The van der Waals surface area contributed by atoms with Crippen LogP contribution < -0.4 is 0 Å². The smallest absolute Gasteiger partial charge is 0.302 e. The van der Waals surface area contributed by atoms with E-state index in [9.17, 15) is 15.0 Å². The molecule has 2 spiro atoms. The predicted octanol–water partition coefficient (Wildman–Crippen LogP) is 2.42. The summed E-state index contributed by atoms with van der Waals surface area (Å²) in [5.41, 5.74) is -0.561. The van der Waals surface area contributed by atoms with Crippen LogP contribution in [-0.2, 0) is 19.0 Å². The number of methoxy groups -OCH3 is 1. The fraction of sp³-hybridized carbons (Fsp3) is 0.870. The van der Waals surface area contributed by atoms with E-state index >= 15 is 0 Å². The van der Waals surface area contributed by atoms with E-state index < -0.39 is 29.3 Å². The van der Waals surface area contributed by atoms with Crippen molar-refractivity contribution in [2.24, 2.45) is 34.0 Å². The molecule has 0 amide bonds. The monoisotopic (exact) mass is 406 g/mol. The Hall–Kier alpha value is -0.950. The third-order valence-electron chi connectivity index (χ3n) is 9.46. The molecule has 10 atom stereocenters. The van der Waals surface area contributed by atoms with Gasteiger partial charge in [0, 0.05) is 31.3 Å². The topological polar surface area (TPSA) is 85.2 Å². The molecule has 0 aromatic rings. The normalized spacial score (nSPS) is 54.6. The van der Waals surface area contributed by atoms with Crippen molar-refractivity contribution in [2.45, 2.75) is 83.6 Å². The highest BCUT2D eigenvalue weighted by Gasteiger charge is 2.82. The maximum absolute atomic E-state index is 12.1. The van der Waals surface area contributed by atoms with Crippen LogP contribution in [-0.4, -0.2) is 54.0 Å². The largest absolute Gasteiger partial charge is 0.462 e. The summed E-state index contributed by atoms with van der Waals surface area (Å²) in [6.45, 7) is 10.2. The molecule has 4 saturated carbocycles. The van der Waals surface area contributed by atoms with Gasteiger partial charge >= 0.3 is 5.97 Å². The van der Waals surface area contributed by atoms with Crippen LogP contribution >= 0.6 is 0 Å². The van der Waals surface area contributed by atoms with E-state index in [0.29, 0.717) is 17.9 Å². The molecule has 162 valence electrons. The lowest BCUT2D eigenvalue weighted by molar-refractivity contribution is -0.414. The fourth-order valence-corrected chi connectivity index (χ4v) is 8.70. The van der Waals surface area contributed by atoms with Gasteiger partial charge in [-0.05, 0) is 42.6 Å². The molecule has 6 heteroatoms. The Labute approximate surface area is 172 Å². The van der Waals surface area contributed by atoms with E-state index in [1.54, 1.807) is 7.11 Å². The van der Waals surface area contributed by atoms with Crippen molar-refractivity contribution in [2.75, 3.05) is 7.11 Å². The highest BCUT2D eigenvalue weighted by molar-refractivity contribution is 5.66. The second-order valence-corrected chi connectivity index (χ2v) is 10.8. The van der Waals surface area contributed by atoms with Gasteiger partial charge in [-0.2, -0.15) is 0 Å². The Kier molecular flexibility index (Phi) is 4.17. The lowest BCUT2D eigenvalue weighted by atomic mass is 9.37. The van der Waals surface area contributed by atoms with Gasteiger partial charge in [-0.15, -0.1) is 0 Å². The summed E-state index contributed by atoms with van der Waals surface area (Å²) in [7, 11) is 1.68. The van der Waals surface area contributed by atoms with Gasteiger partial charge in [0.1, 0.15) is 6.10 Å². The molecule has 6 nitrogen and oxygen atoms in total. The fourth-order valence-electron chi connectivity index (χ4n) is 8.70. The summed E-state index contributed by atoms with van der Waals surface area (Å²) in [6.07, 6.45) is 1.55. The molecule has 2 N–H and O–H groups in total. The first-order valence-electron chi connectivity index (χ1n) is 11.0. The lowest BCUT2D eigenvalue weighted by Gasteiger charge is -2.73. The van der Waals surface area contributed by atoms with Crippen LogP contribution in [0.25, 0.3) is 0 Å². The number of aliphatic hydroxyl groups is 2. The molecule has 10 unspecified atom stereocenters. The Morgan fingerprint density at radius 1 is 1.24 bits per heavy atom. The van der Waals surface area contributed by atoms with Crippen LogP contribution in [0.5, 0.6) is 0 Å². The minimum absolute atomic E-state index is 0.0851. The Balaban J connectivity index is 1.75. The van der Waals surface area contributed by atoms with Gasteiger partial charge in [-0.25, -0.2) is 0 Å². The maximum atomic E-state index is 12.1. The van der Waals surface area contributed by atoms with Crippen LogP contribution in [0.4, 0.5) is 0 Å². The average molecular weight is 407 g/mol. The van der Waals surface area contributed by atoms with Crippen LogP contribution in [0.2, 0.25) is 0 Å². The zero-order valence-corrected chi connectivity index (χ0v) is 17.9. The second kappa shape index (κ2) is 6.06. The van der Waals surface area contributed by atoms with Crippen LogP contribution in [0, 0.1) is 34.0 Å². The van der Waals surface area contributed by atoms with Crippen molar-refractivity contribution in [1.29, 1.82) is 0 Å². The van der Waals surface area contributed by atoms with Gasteiger partial charge in [-0.1, -0.05) is 26.8 Å². The SMILES string of the molecule is C=C1C2CC(OC(C)=O)C3C45CCCC(C)(C)C4CC(OC5OC)C3(C1O)C2O. The van der Waals surface area contributed by atoms with Gasteiger partial charge in [0.05, 0.1) is 23.7 Å². The maximum Gasteiger partial charge on any atom is 0.302 e. The lowest BCUT2D eigenvalue weighted by Crippen LogP contribution is -2.79. The van der Waals surface area contributed by atoms with Gasteiger partial charge in [0.2, 0.25) is 0 Å². The molecular formula is C23H34O6.